The van der Waals surface area contributed by atoms with Crippen LogP contribution in [-0.4, -0.2) is 6.21 Å². The van der Waals surface area contributed by atoms with Gasteiger partial charge >= 0.3 is 0 Å². The summed E-state index contributed by atoms with van der Waals surface area (Å²) in [6.45, 7) is 16.6. The molecule has 1 heterocycles. The predicted octanol–water partition coefficient (Wildman–Crippen LogP) is 7.17. The number of hydrogen-bond donors (Lipinski definition) is 0. The van der Waals surface area contributed by atoms with Crippen LogP contribution in [0.15, 0.2) is 48.0 Å². The molecule has 0 spiro atoms. The van der Waals surface area contributed by atoms with Crippen molar-refractivity contribution in [1.82, 2.24) is 0 Å². The summed E-state index contributed by atoms with van der Waals surface area (Å²) in [5.74, 6) is 0. The highest BCUT2D eigenvalue weighted by Crippen LogP contribution is 2.44. The smallest absolute Gasteiger partial charge is 0.0727 e. The van der Waals surface area contributed by atoms with Gasteiger partial charge in [-0.3, -0.25) is 4.99 Å². The normalized spacial score (nSPS) is 11.6. The van der Waals surface area contributed by atoms with Crippen molar-refractivity contribution >= 4 is 40.7 Å². The maximum atomic E-state index is 6.71. The fourth-order valence-corrected chi connectivity index (χ4v) is 3.49. The molecule has 1 aliphatic heterocycles. The first-order valence-corrected chi connectivity index (χ1v) is 8.70. The van der Waals surface area contributed by atoms with Gasteiger partial charge in [-0.1, -0.05) is 48.5 Å². The topological polar surface area (TPSA) is 12.4 Å². The second-order valence-electron chi connectivity index (χ2n) is 6.70. The van der Waals surface area contributed by atoms with Gasteiger partial charge in [-0.15, -0.1) is 0 Å². The van der Waals surface area contributed by atoms with Gasteiger partial charge < -0.3 is 0 Å². The Morgan fingerprint density at radius 1 is 1.12 bits per heavy atom. The van der Waals surface area contributed by atoms with Crippen LogP contribution in [0.5, 0.6) is 0 Å². The van der Waals surface area contributed by atoms with Crippen LogP contribution in [-0.2, 0) is 0 Å². The molecule has 1 aliphatic rings. The van der Waals surface area contributed by atoms with E-state index in [0.717, 1.165) is 49.7 Å². The van der Waals surface area contributed by atoms with Crippen molar-refractivity contribution in [2.24, 2.45) is 4.99 Å². The maximum Gasteiger partial charge on any atom is 0.0727 e. The number of aliphatic imine (C=N–C) groups is 1. The van der Waals surface area contributed by atoms with Crippen LogP contribution in [0.1, 0.15) is 47.2 Å². The zero-order valence-electron chi connectivity index (χ0n) is 15.2. The molecule has 2 aromatic carbocycles. The lowest BCUT2D eigenvalue weighted by Gasteiger charge is -2.23. The fraction of sp³-hybridized carbons (Fsp3) is 0.174. The Balaban J connectivity index is 2.19. The highest BCUT2D eigenvalue weighted by atomic mass is 35.5. The van der Waals surface area contributed by atoms with Crippen LogP contribution in [0, 0.1) is 13.8 Å². The van der Waals surface area contributed by atoms with E-state index in [9.17, 15) is 0 Å². The summed E-state index contributed by atoms with van der Waals surface area (Å²) < 4.78 is 0. The van der Waals surface area contributed by atoms with Gasteiger partial charge in [0.15, 0.2) is 0 Å². The number of hydrogen-bond acceptors (Lipinski definition) is 1. The number of allylic oxidation sites excluding steroid dienone is 3. The molecule has 0 saturated carbocycles. The average molecular weight is 348 g/mol. The van der Waals surface area contributed by atoms with Crippen molar-refractivity contribution in [3.8, 4) is 0 Å². The first-order valence-electron chi connectivity index (χ1n) is 8.33. The van der Waals surface area contributed by atoms with Crippen molar-refractivity contribution in [3.63, 3.8) is 0 Å². The highest BCUT2D eigenvalue weighted by Gasteiger charge is 2.23. The van der Waals surface area contributed by atoms with Gasteiger partial charge in [-0.2, -0.15) is 0 Å². The third kappa shape index (κ3) is 2.89. The van der Waals surface area contributed by atoms with Crippen LogP contribution >= 0.6 is 11.6 Å². The summed E-state index contributed by atoms with van der Waals surface area (Å²) in [6.07, 6.45) is 3.77. The molecular weight excluding hydrogens is 326 g/mol. The molecule has 0 N–H and O–H groups in total. The van der Waals surface area contributed by atoms with Gasteiger partial charge in [0.05, 0.1) is 10.7 Å². The van der Waals surface area contributed by atoms with E-state index in [2.05, 4.69) is 57.1 Å². The van der Waals surface area contributed by atoms with E-state index in [0.29, 0.717) is 0 Å². The van der Waals surface area contributed by atoms with E-state index >= 15 is 0 Å². The first kappa shape index (κ1) is 17.4. The lowest BCUT2D eigenvalue weighted by molar-refractivity contribution is 1.33. The number of aryl methyl sites for hydroxylation is 2. The molecule has 0 unspecified atom stereocenters. The summed E-state index contributed by atoms with van der Waals surface area (Å²) in [7, 11) is 0. The second kappa shape index (κ2) is 6.50. The molecule has 2 heteroatoms. The molecule has 3 rings (SSSR count). The summed E-state index contributed by atoms with van der Waals surface area (Å²) in [6, 6.07) is 8.39. The van der Waals surface area contributed by atoms with E-state index in [1.807, 2.05) is 25.3 Å². The number of nitrogens with zero attached hydrogens (tertiary/aromatic N) is 1. The number of benzene rings is 2. The maximum absolute atomic E-state index is 6.71. The summed E-state index contributed by atoms with van der Waals surface area (Å²) in [5, 5.41) is 0.776. The Morgan fingerprint density at radius 3 is 2.40 bits per heavy atom. The van der Waals surface area contributed by atoms with Crippen LogP contribution in [0.3, 0.4) is 0 Å². The lowest BCUT2D eigenvalue weighted by atomic mass is 9.85. The molecule has 126 valence electrons. The van der Waals surface area contributed by atoms with Crippen molar-refractivity contribution in [3.05, 3.63) is 81.4 Å². The molecule has 0 aromatic heterocycles. The largest absolute Gasteiger partial charge is 0.255 e. The van der Waals surface area contributed by atoms with Gasteiger partial charge in [0.25, 0.3) is 0 Å². The molecule has 0 bridgehead atoms. The molecule has 25 heavy (non-hydrogen) atoms. The Hall–Kier alpha value is -2.38. The third-order valence-electron chi connectivity index (χ3n) is 4.70. The van der Waals surface area contributed by atoms with E-state index in [1.54, 1.807) is 0 Å². The average Bonchev–Trinajstić information content (AvgIpc) is 2.55. The van der Waals surface area contributed by atoms with Crippen LogP contribution in [0.25, 0.3) is 17.2 Å². The zero-order chi connectivity index (χ0) is 18.3. The van der Waals surface area contributed by atoms with Crippen molar-refractivity contribution in [2.45, 2.75) is 27.7 Å². The molecule has 0 radical (unpaired) electrons. The van der Waals surface area contributed by atoms with Gasteiger partial charge in [0.1, 0.15) is 0 Å². The van der Waals surface area contributed by atoms with E-state index in [1.165, 1.54) is 11.1 Å². The Bertz CT molecular complexity index is 970. The molecular formula is C23H22ClN. The Labute approximate surface area is 155 Å². The molecule has 0 atom stereocenters. The molecule has 1 nitrogen and oxygen atoms in total. The number of halogens is 1. The van der Waals surface area contributed by atoms with Gasteiger partial charge in [-0.25, -0.2) is 0 Å². The Morgan fingerprint density at radius 2 is 1.84 bits per heavy atom. The SMILES string of the molecule is C=Cc1cc(C(=C)C(=C(C)C)c2c(Cl)c(C)cc3c2C=N3)ccc1C. The lowest BCUT2D eigenvalue weighted by Crippen LogP contribution is -2.05. The number of fused-ring (bicyclic) bond motifs is 1. The minimum Gasteiger partial charge on any atom is -0.255 e. The van der Waals surface area contributed by atoms with E-state index < -0.39 is 0 Å². The van der Waals surface area contributed by atoms with E-state index in [4.69, 9.17) is 11.6 Å². The first-order chi connectivity index (χ1) is 11.8. The summed E-state index contributed by atoms with van der Waals surface area (Å²) in [4.78, 5) is 4.36. The minimum absolute atomic E-state index is 0.776. The molecule has 0 aliphatic carbocycles. The van der Waals surface area contributed by atoms with Gasteiger partial charge in [-0.05, 0) is 73.2 Å². The zero-order valence-corrected chi connectivity index (χ0v) is 16.0. The van der Waals surface area contributed by atoms with E-state index in [-0.39, 0.29) is 0 Å². The summed E-state index contributed by atoms with van der Waals surface area (Å²) in [5.41, 5.74) is 10.8. The van der Waals surface area contributed by atoms with Crippen LogP contribution in [0.4, 0.5) is 5.69 Å². The fourth-order valence-electron chi connectivity index (χ4n) is 3.23. The van der Waals surface area contributed by atoms with Gasteiger partial charge in [0.2, 0.25) is 0 Å². The second-order valence-corrected chi connectivity index (χ2v) is 7.08. The predicted molar refractivity (Wildman–Crippen MR) is 112 cm³/mol. The quantitative estimate of drug-likeness (QED) is 0.443. The minimum atomic E-state index is 0.776. The molecule has 2 aromatic rings. The van der Waals surface area contributed by atoms with Crippen molar-refractivity contribution < 1.29 is 0 Å². The van der Waals surface area contributed by atoms with Gasteiger partial charge in [0, 0.05) is 17.3 Å². The third-order valence-corrected chi connectivity index (χ3v) is 5.18. The molecule has 0 saturated heterocycles. The van der Waals surface area contributed by atoms with Crippen molar-refractivity contribution in [2.75, 3.05) is 0 Å². The Kier molecular flexibility index (Phi) is 4.53. The molecule has 0 fully saturated rings. The number of rotatable bonds is 4. The molecule has 0 amide bonds. The van der Waals surface area contributed by atoms with Crippen LogP contribution in [0.2, 0.25) is 5.02 Å². The summed E-state index contributed by atoms with van der Waals surface area (Å²) >= 11 is 6.71. The standard InChI is InChI=1S/C23H22ClN/c1-7-17-11-18(9-8-14(17)4)16(6)21(13(2)3)22-19-12-25-20(19)10-15(5)23(22)24/h7-12H,1,6H2,2-5H3. The highest BCUT2D eigenvalue weighted by molar-refractivity contribution is 6.35. The monoisotopic (exact) mass is 347 g/mol. The van der Waals surface area contributed by atoms with Crippen molar-refractivity contribution in [1.29, 1.82) is 0 Å². The van der Waals surface area contributed by atoms with Crippen LogP contribution < -0.4 is 0 Å².